The van der Waals surface area contributed by atoms with Gasteiger partial charge in [-0.3, -0.25) is 0 Å². The molecule has 0 amide bonds. The molecule has 0 spiro atoms. The summed E-state index contributed by atoms with van der Waals surface area (Å²) in [4.78, 5) is 0.918. The first-order valence-corrected chi connectivity index (χ1v) is 8.11. The van der Waals surface area contributed by atoms with Crippen molar-refractivity contribution in [2.24, 2.45) is 5.73 Å². The highest BCUT2D eigenvalue weighted by Gasteiger charge is 2.19. The smallest absolute Gasteiger partial charge is 0.0543 e. The number of hydrogen-bond donors (Lipinski definition) is 1. The molecule has 0 saturated heterocycles. The SMILES string of the molecule is CC(N)C(Sc1cc(Cl)ccc1Cl)c1cccc(Cl)c1. The average molecular weight is 347 g/mol. The summed E-state index contributed by atoms with van der Waals surface area (Å²) in [5, 5.41) is 2.09. The second-order valence-electron chi connectivity index (χ2n) is 4.53. The van der Waals surface area contributed by atoms with Gasteiger partial charge in [0, 0.05) is 26.2 Å². The molecule has 2 atom stereocenters. The molecule has 2 N–H and O–H groups in total. The molecule has 20 heavy (non-hydrogen) atoms. The van der Waals surface area contributed by atoms with Crippen molar-refractivity contribution in [3.63, 3.8) is 0 Å². The van der Waals surface area contributed by atoms with Crippen LogP contribution < -0.4 is 5.73 Å². The van der Waals surface area contributed by atoms with E-state index in [-0.39, 0.29) is 11.3 Å². The quantitative estimate of drug-likeness (QED) is 0.705. The molecule has 0 aliphatic rings. The van der Waals surface area contributed by atoms with Crippen LogP contribution in [0, 0.1) is 0 Å². The second kappa shape index (κ2) is 7.06. The van der Waals surface area contributed by atoms with Gasteiger partial charge in [0.05, 0.1) is 5.02 Å². The van der Waals surface area contributed by atoms with Gasteiger partial charge in [-0.1, -0.05) is 46.9 Å². The van der Waals surface area contributed by atoms with E-state index in [2.05, 4.69) is 0 Å². The van der Waals surface area contributed by atoms with Crippen molar-refractivity contribution in [3.05, 3.63) is 63.1 Å². The van der Waals surface area contributed by atoms with Crippen molar-refractivity contribution in [2.45, 2.75) is 23.1 Å². The summed E-state index contributed by atoms with van der Waals surface area (Å²) in [7, 11) is 0. The van der Waals surface area contributed by atoms with Gasteiger partial charge in [-0.2, -0.15) is 0 Å². The minimum atomic E-state index is -0.0477. The summed E-state index contributed by atoms with van der Waals surface area (Å²) in [6, 6.07) is 13.1. The van der Waals surface area contributed by atoms with E-state index in [0.717, 1.165) is 10.5 Å². The molecule has 0 heterocycles. The van der Waals surface area contributed by atoms with E-state index in [1.165, 1.54) is 0 Å². The van der Waals surface area contributed by atoms with Crippen LogP contribution in [0.1, 0.15) is 17.7 Å². The molecule has 1 nitrogen and oxygen atoms in total. The molecule has 0 aliphatic carbocycles. The monoisotopic (exact) mass is 345 g/mol. The van der Waals surface area contributed by atoms with Crippen LogP contribution in [0.15, 0.2) is 47.4 Å². The zero-order valence-corrected chi connectivity index (χ0v) is 13.9. The first kappa shape index (κ1) is 16.0. The summed E-state index contributed by atoms with van der Waals surface area (Å²) in [6.07, 6.45) is 0. The maximum Gasteiger partial charge on any atom is 0.0543 e. The van der Waals surface area contributed by atoms with E-state index < -0.39 is 0 Å². The lowest BCUT2D eigenvalue weighted by Crippen LogP contribution is -2.22. The van der Waals surface area contributed by atoms with Crippen LogP contribution in [-0.4, -0.2) is 6.04 Å². The summed E-state index contributed by atoms with van der Waals surface area (Å²) >= 11 is 19.9. The molecule has 0 radical (unpaired) electrons. The van der Waals surface area contributed by atoms with Crippen molar-refractivity contribution in [1.29, 1.82) is 0 Å². The lowest BCUT2D eigenvalue weighted by atomic mass is 10.1. The third-order valence-electron chi connectivity index (χ3n) is 2.80. The van der Waals surface area contributed by atoms with E-state index >= 15 is 0 Å². The van der Waals surface area contributed by atoms with Crippen LogP contribution in [-0.2, 0) is 0 Å². The van der Waals surface area contributed by atoms with Crippen molar-refractivity contribution in [2.75, 3.05) is 0 Å². The summed E-state index contributed by atoms with van der Waals surface area (Å²) in [6.45, 7) is 1.97. The zero-order chi connectivity index (χ0) is 14.7. The Balaban J connectivity index is 2.33. The Bertz CT molecular complexity index is 601. The Morgan fingerprint density at radius 2 is 1.70 bits per heavy atom. The standard InChI is InChI=1S/C15H14Cl3NS/c1-9(19)15(10-3-2-4-11(16)7-10)20-14-8-12(17)5-6-13(14)18/h2-9,15H,19H2,1H3. The third-order valence-corrected chi connectivity index (χ3v) is 5.26. The summed E-state index contributed by atoms with van der Waals surface area (Å²) in [5.41, 5.74) is 7.19. The van der Waals surface area contributed by atoms with Crippen LogP contribution in [0.4, 0.5) is 0 Å². The van der Waals surface area contributed by atoms with Gasteiger partial charge in [0.15, 0.2) is 0 Å². The third kappa shape index (κ3) is 4.06. The Hall–Kier alpha value is -0.380. The van der Waals surface area contributed by atoms with E-state index in [1.807, 2.05) is 37.3 Å². The number of nitrogens with two attached hydrogens (primary N) is 1. The maximum absolute atomic E-state index is 6.22. The predicted octanol–water partition coefficient (Wildman–Crippen LogP) is 5.83. The van der Waals surface area contributed by atoms with E-state index in [1.54, 1.807) is 23.9 Å². The minimum absolute atomic E-state index is 0.0477. The molecule has 2 rings (SSSR count). The van der Waals surface area contributed by atoms with Crippen molar-refractivity contribution in [3.8, 4) is 0 Å². The number of thioether (sulfide) groups is 1. The minimum Gasteiger partial charge on any atom is -0.327 e. The molecule has 5 heteroatoms. The van der Waals surface area contributed by atoms with E-state index in [0.29, 0.717) is 15.1 Å². The van der Waals surface area contributed by atoms with Gasteiger partial charge in [0.1, 0.15) is 0 Å². The number of rotatable bonds is 4. The van der Waals surface area contributed by atoms with Gasteiger partial charge < -0.3 is 5.73 Å². The largest absolute Gasteiger partial charge is 0.327 e. The Kier molecular flexibility index (Phi) is 5.65. The molecular weight excluding hydrogens is 333 g/mol. The van der Waals surface area contributed by atoms with Crippen LogP contribution in [0.2, 0.25) is 15.1 Å². The topological polar surface area (TPSA) is 26.0 Å². The Morgan fingerprint density at radius 1 is 1.00 bits per heavy atom. The number of benzene rings is 2. The van der Waals surface area contributed by atoms with Crippen LogP contribution >= 0.6 is 46.6 Å². The van der Waals surface area contributed by atoms with Crippen LogP contribution in [0.5, 0.6) is 0 Å². The molecule has 0 bridgehead atoms. The lowest BCUT2D eigenvalue weighted by molar-refractivity contribution is 0.721. The van der Waals surface area contributed by atoms with Crippen molar-refractivity contribution >= 4 is 46.6 Å². The number of halogens is 3. The lowest BCUT2D eigenvalue weighted by Gasteiger charge is -2.21. The average Bonchev–Trinajstić information content (AvgIpc) is 2.39. The molecular formula is C15H14Cl3NS. The zero-order valence-electron chi connectivity index (χ0n) is 10.8. The van der Waals surface area contributed by atoms with E-state index in [4.69, 9.17) is 40.5 Å². The molecule has 2 aromatic carbocycles. The Morgan fingerprint density at radius 3 is 2.35 bits per heavy atom. The molecule has 0 saturated carbocycles. The fraction of sp³-hybridized carbons (Fsp3) is 0.200. The van der Waals surface area contributed by atoms with Gasteiger partial charge in [0.2, 0.25) is 0 Å². The molecule has 0 aliphatic heterocycles. The predicted molar refractivity (Wildman–Crippen MR) is 90.2 cm³/mol. The highest BCUT2D eigenvalue weighted by molar-refractivity contribution is 7.99. The van der Waals surface area contributed by atoms with Gasteiger partial charge >= 0.3 is 0 Å². The van der Waals surface area contributed by atoms with Gasteiger partial charge in [-0.25, -0.2) is 0 Å². The molecule has 2 unspecified atom stereocenters. The molecule has 0 fully saturated rings. The first-order valence-electron chi connectivity index (χ1n) is 6.10. The van der Waals surface area contributed by atoms with Gasteiger partial charge in [-0.05, 0) is 42.8 Å². The van der Waals surface area contributed by atoms with Crippen molar-refractivity contribution in [1.82, 2.24) is 0 Å². The normalized spacial score (nSPS) is 14.1. The maximum atomic E-state index is 6.22. The Labute approximate surface area is 138 Å². The fourth-order valence-corrected chi connectivity index (χ4v) is 3.70. The van der Waals surface area contributed by atoms with Crippen molar-refractivity contribution < 1.29 is 0 Å². The van der Waals surface area contributed by atoms with Gasteiger partial charge in [-0.15, -0.1) is 11.8 Å². The molecule has 2 aromatic rings. The molecule has 106 valence electrons. The first-order chi connectivity index (χ1) is 9.47. The van der Waals surface area contributed by atoms with Crippen LogP contribution in [0.3, 0.4) is 0 Å². The van der Waals surface area contributed by atoms with Crippen LogP contribution in [0.25, 0.3) is 0 Å². The fourth-order valence-electron chi connectivity index (χ4n) is 1.87. The van der Waals surface area contributed by atoms with Gasteiger partial charge in [0.25, 0.3) is 0 Å². The summed E-state index contributed by atoms with van der Waals surface area (Å²) in [5.74, 6) is 0. The molecule has 0 aromatic heterocycles. The second-order valence-corrected chi connectivity index (χ2v) is 6.99. The highest BCUT2D eigenvalue weighted by atomic mass is 35.5. The summed E-state index contributed by atoms with van der Waals surface area (Å²) < 4.78 is 0. The highest BCUT2D eigenvalue weighted by Crippen LogP contribution is 2.41. The van der Waals surface area contributed by atoms with E-state index in [9.17, 15) is 0 Å². The number of hydrogen-bond acceptors (Lipinski definition) is 2.